The topological polar surface area (TPSA) is 449 Å². The monoisotopic (exact) mass is 1680 g/mol. The van der Waals surface area contributed by atoms with Crippen molar-refractivity contribution in [2.24, 2.45) is 63.7 Å². The molecule has 6 fully saturated rings. The van der Waals surface area contributed by atoms with Crippen molar-refractivity contribution in [2.75, 3.05) is 47.3 Å². The zero-order valence-corrected chi connectivity index (χ0v) is 72.6. The Balaban J connectivity index is 0.846. The van der Waals surface area contributed by atoms with E-state index in [9.17, 15) is 58.2 Å². The van der Waals surface area contributed by atoms with Crippen LogP contribution in [-0.2, 0) is 80.1 Å². The van der Waals surface area contributed by atoms with Crippen molar-refractivity contribution in [1.29, 1.82) is 0 Å². The number of nitrogens with two attached hydrogens (primary N) is 2. The summed E-state index contributed by atoms with van der Waals surface area (Å²) in [5.41, 5.74) is 15.1. The number of carbonyl (C=O) groups is 14. The summed E-state index contributed by atoms with van der Waals surface area (Å²) in [6, 6.07) is 2.32. The van der Waals surface area contributed by atoms with Crippen LogP contribution in [0.25, 0.3) is 21.8 Å². The number of nitrogens with one attached hydrogen (secondary N) is 8. The maximum Gasteiger partial charge on any atom is 0.323 e. The molecule has 2 saturated heterocycles. The third-order valence-electron chi connectivity index (χ3n) is 28.0. The number of carboxylic acids is 1. The second kappa shape index (κ2) is 40.8. The van der Waals surface area contributed by atoms with Crippen molar-refractivity contribution >= 4 is 104 Å². The van der Waals surface area contributed by atoms with E-state index < -0.39 is 150 Å². The number of carbonyl (C=O) groups excluding carboxylic acids is 13. The molecule has 6 aliphatic rings. The number of primary amides is 1. The van der Waals surface area contributed by atoms with Gasteiger partial charge in [-0.05, 0) is 186 Å². The summed E-state index contributed by atoms with van der Waals surface area (Å²) in [6.07, 6.45) is 14.7. The number of fused-ring (bicyclic) bond motifs is 7. The van der Waals surface area contributed by atoms with Crippen molar-refractivity contribution in [3.05, 3.63) is 83.7 Å². The molecule has 4 aromatic rings. The Labute approximate surface area is 709 Å². The van der Waals surface area contributed by atoms with Crippen molar-refractivity contribution in [2.45, 2.75) is 270 Å². The molecule has 4 heterocycles. The molecular weight excluding hydrogens is 1550 g/mol. The number of para-hydroxylation sites is 2. The number of nitrogens with zero attached hydrogens (tertiary/aromatic N) is 5. The Hall–Kier alpha value is -10.0. The first-order chi connectivity index (χ1) is 57.4. The molecule has 2 aromatic carbocycles. The minimum atomic E-state index is -1.55. The standard InChI is InChI=1S/C90H131N15O16/c1-13-55(54(7)106)30-34-76(110)102(12)53(6)80(113)97-68(45-74(92)108)87(120)105-41-21-28-72(105)85(118)99-69(46-91)83(116)98-67(42-50(2)3)86(119)104-40-20-27-71(104)84(117)96-66(43-56-47-94-64-25-16-14-23-58(56)64)82(115)95-65(81(114)100-79(88(121)101(10)11)52(5)60-48-103(49-77(111)112)70-26-17-15-24-59(60)70)36-39-93-75(109)33-29-51(4)61-31-32-62-78-63(35-38-90(61,62)9)89(8)37-19-18-22-57(89)44-73(78)107/h13-17,23-26,47-48,50-54,57,61-63,65-69,71-72,78-79,94,106H,18-22,27-46,49,91H2,1-12H3,(H2,92,108)(H,93,109)(H,95,115)(H,96,117)(H,97,113)(H,98,116)(H,99,118)(H,100,114)(H,111,112)/t51-,52-,53+,54-,57?,61-,62?,63?,65+,66+,67+,68+,69+,71?,72?,78+,79+,89+,90-/m1/s1. The summed E-state index contributed by atoms with van der Waals surface area (Å²) in [4.78, 5) is 207. The van der Waals surface area contributed by atoms with Crippen LogP contribution in [-0.4, -0.2) is 230 Å². The number of likely N-dealkylation sites (tertiary alicyclic amines) is 2. The van der Waals surface area contributed by atoms with Crippen molar-refractivity contribution in [1.82, 2.24) is 66.4 Å². The SMILES string of the molecule is CC=C(CCC(=O)N(C)[C@@H](C)C(=O)N[C@@H](CC(N)=O)C(=O)N1CCCC1C(=O)N[C@@H](CN)C(=O)N[C@@H](CC(C)C)C(=O)N1CCCC1C(=O)N[C@@H](Cc1c[nH]c2ccccc12)C(=O)N[C@@H](CCNC(=O)CC[C@@H](C)[C@H]1CCC2[C@@H]3C(=O)CC4CCCC[C@]4(C)C3CC[C@@]21C)C(=O)N[C@H](C(=O)N(C)C)[C@H](C)c1cn(CC(=O)O)c2ccccc12)[C@@H](C)O. The number of aromatic amines is 1. The van der Waals surface area contributed by atoms with Crippen LogP contribution in [0, 0.1) is 52.3 Å². The maximum absolute atomic E-state index is 15.6. The molecule has 0 bridgehead atoms. The highest BCUT2D eigenvalue weighted by Crippen LogP contribution is 2.68. The van der Waals surface area contributed by atoms with Gasteiger partial charge in [0.05, 0.1) is 12.5 Å². The van der Waals surface area contributed by atoms with Crippen molar-refractivity contribution < 1.29 is 77.3 Å². The molecule has 0 radical (unpaired) electrons. The fourth-order valence-electron chi connectivity index (χ4n) is 21.1. The Bertz CT molecular complexity index is 4510. The van der Waals surface area contributed by atoms with Crippen LogP contribution in [0.4, 0.5) is 0 Å². The minimum absolute atomic E-state index is 0.0122. The molecule has 31 heteroatoms. The predicted molar refractivity (Wildman–Crippen MR) is 455 cm³/mol. The van der Waals surface area contributed by atoms with Gasteiger partial charge in [-0.2, -0.15) is 0 Å². The Kier molecular flexibility index (Phi) is 31.4. The number of benzene rings is 2. The average Bonchev–Trinajstić information content (AvgIpc) is 1.58. The van der Waals surface area contributed by atoms with Gasteiger partial charge in [0.15, 0.2) is 0 Å². The second-order valence-electron chi connectivity index (χ2n) is 36.4. The molecular formula is C90H131N15O16. The molecule has 12 amide bonds. The lowest BCUT2D eigenvalue weighted by molar-refractivity contribution is -0.156. The van der Waals surface area contributed by atoms with Gasteiger partial charge in [0.1, 0.15) is 66.7 Å². The van der Waals surface area contributed by atoms with Crippen LogP contribution in [0.15, 0.2) is 72.6 Å². The Morgan fingerprint density at radius 1 is 0.661 bits per heavy atom. The number of aliphatic hydroxyl groups excluding tert-OH is 1. The summed E-state index contributed by atoms with van der Waals surface area (Å²) < 4.78 is 1.56. The number of carboxylic acid groups (broad SMARTS) is 1. The lowest BCUT2D eigenvalue weighted by atomic mass is 9.44. The van der Waals surface area contributed by atoms with Crippen LogP contribution >= 0.6 is 0 Å². The number of aliphatic hydroxyl groups is 1. The summed E-state index contributed by atoms with van der Waals surface area (Å²) in [7, 11) is 4.47. The van der Waals surface area contributed by atoms with E-state index in [0.29, 0.717) is 82.7 Å². The number of likely N-dealkylation sites (N-methyl/N-ethyl adjacent to an activating group) is 2. The normalized spacial score (nSPS) is 24.6. The van der Waals surface area contributed by atoms with E-state index in [1.54, 1.807) is 68.1 Å². The van der Waals surface area contributed by atoms with Crippen LogP contribution in [0.1, 0.15) is 208 Å². The predicted octanol–water partition coefficient (Wildman–Crippen LogP) is 5.52. The lowest BCUT2D eigenvalue weighted by Gasteiger charge is -2.60. The fourth-order valence-corrected chi connectivity index (χ4v) is 21.1. The summed E-state index contributed by atoms with van der Waals surface area (Å²) in [5.74, 6) is -8.41. The number of ketones is 1. The highest BCUT2D eigenvalue weighted by molar-refractivity contribution is 6.01. The number of hydrogen-bond acceptors (Lipinski definition) is 16. The molecule has 10 rings (SSSR count). The van der Waals surface area contributed by atoms with Gasteiger partial charge < -0.3 is 88.0 Å². The van der Waals surface area contributed by atoms with Gasteiger partial charge in [-0.3, -0.25) is 67.1 Å². The van der Waals surface area contributed by atoms with Gasteiger partial charge in [-0.15, -0.1) is 0 Å². The van der Waals surface area contributed by atoms with E-state index in [1.807, 2.05) is 38.1 Å². The molecule has 662 valence electrons. The molecule has 2 aromatic heterocycles. The van der Waals surface area contributed by atoms with Gasteiger partial charge in [0.25, 0.3) is 0 Å². The van der Waals surface area contributed by atoms with E-state index in [-0.39, 0.29) is 112 Å². The number of H-pyrrole nitrogens is 1. The first-order valence-corrected chi connectivity index (χ1v) is 43.8. The molecule has 0 spiro atoms. The second-order valence-corrected chi connectivity index (χ2v) is 36.4. The van der Waals surface area contributed by atoms with Crippen molar-refractivity contribution in [3.63, 3.8) is 0 Å². The minimum Gasteiger partial charge on any atom is -0.480 e. The van der Waals surface area contributed by atoms with Crippen LogP contribution < -0.4 is 48.7 Å². The molecule has 14 N–H and O–H groups in total. The molecule has 19 atom stereocenters. The largest absolute Gasteiger partial charge is 0.480 e. The quantitative estimate of drug-likeness (QED) is 0.0246. The molecule has 4 saturated carbocycles. The Morgan fingerprint density at radius 3 is 1.91 bits per heavy atom. The highest BCUT2D eigenvalue weighted by atomic mass is 16.4. The van der Waals surface area contributed by atoms with Crippen LogP contribution in [0.3, 0.4) is 0 Å². The number of hydrogen-bond donors (Lipinski definition) is 12. The smallest absolute Gasteiger partial charge is 0.323 e. The molecule has 2 aliphatic heterocycles. The number of aromatic nitrogens is 2. The molecule has 4 aliphatic carbocycles. The van der Waals surface area contributed by atoms with E-state index in [1.165, 1.54) is 66.9 Å². The number of rotatable bonds is 38. The Morgan fingerprint density at radius 2 is 1.27 bits per heavy atom. The third kappa shape index (κ3) is 21.5. The summed E-state index contributed by atoms with van der Waals surface area (Å²) in [6.45, 7) is 16.3. The van der Waals surface area contributed by atoms with E-state index in [2.05, 4.69) is 63.0 Å². The number of allylic oxidation sites excluding steroid dienone is 1. The molecule has 5 unspecified atom stereocenters. The van der Waals surface area contributed by atoms with E-state index >= 15 is 19.2 Å². The summed E-state index contributed by atoms with van der Waals surface area (Å²) in [5, 5.41) is 41.2. The fraction of sp³-hybridized carbons (Fsp3) is 0.644. The zero-order chi connectivity index (χ0) is 88.2. The highest BCUT2D eigenvalue weighted by Gasteiger charge is 2.63. The number of amides is 12. The number of aliphatic carboxylic acids is 1. The van der Waals surface area contributed by atoms with Gasteiger partial charge in [-0.25, -0.2) is 0 Å². The lowest BCUT2D eigenvalue weighted by Crippen LogP contribution is -2.61. The van der Waals surface area contributed by atoms with Gasteiger partial charge in [-0.1, -0.05) is 96.9 Å². The number of Topliss-reactive ketones (excluding diaryl/α,β-unsaturated/α-hetero) is 1. The van der Waals surface area contributed by atoms with E-state index in [0.717, 1.165) is 43.0 Å². The first-order valence-electron chi connectivity index (χ1n) is 43.8. The average molecular weight is 1680 g/mol. The maximum atomic E-state index is 15.6. The van der Waals surface area contributed by atoms with Crippen LogP contribution in [0.2, 0.25) is 0 Å². The molecule has 31 nitrogen and oxygen atoms in total. The van der Waals surface area contributed by atoms with Crippen molar-refractivity contribution in [3.8, 4) is 0 Å². The molecule has 121 heavy (non-hydrogen) atoms. The van der Waals surface area contributed by atoms with Gasteiger partial charge in [0, 0.05) is 119 Å². The first kappa shape index (κ1) is 93.2. The van der Waals surface area contributed by atoms with Crippen LogP contribution in [0.5, 0.6) is 0 Å². The zero-order valence-electron chi connectivity index (χ0n) is 72.6. The van der Waals surface area contributed by atoms with Gasteiger partial charge in [0.2, 0.25) is 70.9 Å². The summed E-state index contributed by atoms with van der Waals surface area (Å²) >= 11 is 0. The van der Waals surface area contributed by atoms with E-state index in [4.69, 9.17) is 11.5 Å². The van der Waals surface area contributed by atoms with Gasteiger partial charge >= 0.3 is 5.97 Å². The third-order valence-corrected chi connectivity index (χ3v) is 28.0.